The Morgan fingerprint density at radius 3 is 0.308 bits per heavy atom. The van der Waals surface area contributed by atoms with Gasteiger partial charge >= 0.3 is 0 Å². The molecule has 0 amide bonds. The molecule has 0 aromatic heterocycles. The first-order valence-corrected chi connectivity index (χ1v) is 36.6. The van der Waals surface area contributed by atoms with Crippen LogP contribution in [0.4, 0.5) is 0 Å². The molecule has 0 saturated heterocycles. The average Bonchev–Trinajstić information content (AvgIpc) is 0.782. The fourth-order valence-electron chi connectivity index (χ4n) is 12.7. The van der Waals surface area contributed by atoms with Crippen LogP contribution in [0.5, 0.6) is 0 Å². The van der Waals surface area contributed by atoms with Crippen molar-refractivity contribution in [2.45, 2.75) is 83.1 Å². The Hall–Kier alpha value is -8.13. The Bertz CT molecular complexity index is 3430. The molecule has 12 aromatic carbocycles. The SMILES string of the molecule is Cc1cccc([P+](c2cccc(C)c2)(c2cccc(C)c2)c2cccc(C)c2)c1.Cc1cccc([P+](c2cccc(C)c2)(c2cccc(C)c2)c2cccc(C)c2)c1.Cc1cccc([P+](c2cccc(C)c2)(c2cccc(C)c2)c2cccc(C)c2)c1.[O-]B([O-])[O-]. The van der Waals surface area contributed by atoms with Crippen LogP contribution in [0.25, 0.3) is 0 Å². The van der Waals surface area contributed by atoms with E-state index in [2.05, 4.69) is 374 Å². The zero-order valence-electron chi connectivity index (χ0n) is 54.9. The van der Waals surface area contributed by atoms with E-state index in [1.165, 1.54) is 130 Å². The third kappa shape index (κ3) is 15.4. The molecule has 3 nitrogen and oxygen atoms in total. The molecule has 12 rings (SSSR count). The molecule has 0 aliphatic carbocycles. The second-order valence-electron chi connectivity index (χ2n) is 24.4. The van der Waals surface area contributed by atoms with Crippen molar-refractivity contribution in [3.63, 3.8) is 0 Å². The summed E-state index contributed by atoms with van der Waals surface area (Å²) in [6, 6.07) is 109. The summed E-state index contributed by atoms with van der Waals surface area (Å²) in [7, 11) is -8.96. The summed E-state index contributed by atoms with van der Waals surface area (Å²) in [4.78, 5) is 0. The van der Waals surface area contributed by atoms with Crippen molar-refractivity contribution in [3.8, 4) is 0 Å². The van der Waals surface area contributed by atoms with Crippen LogP contribution < -0.4 is 78.7 Å². The summed E-state index contributed by atoms with van der Waals surface area (Å²) < 4.78 is 0. The second kappa shape index (κ2) is 30.3. The van der Waals surface area contributed by atoms with Crippen LogP contribution in [0.15, 0.2) is 291 Å². The molecule has 0 saturated carbocycles. The summed E-state index contributed by atoms with van der Waals surface area (Å²) in [5, 5.41) is 42.2. The highest BCUT2D eigenvalue weighted by atomic mass is 31.2. The Labute approximate surface area is 545 Å². The van der Waals surface area contributed by atoms with Gasteiger partial charge in [-0.1, -0.05) is 146 Å². The van der Waals surface area contributed by atoms with E-state index < -0.39 is 29.1 Å². The largest absolute Gasteiger partial charge is 0.907 e. The second-order valence-corrected chi connectivity index (χ2v) is 34.6. The maximum atomic E-state index is 8.42. The quantitative estimate of drug-likeness (QED) is 0.0904. The molecule has 7 heteroatoms. The fourth-order valence-corrected chi connectivity index (χ4v) is 26.6. The maximum Gasteiger partial charge on any atom is 0.144 e. The molecule has 0 unspecified atom stereocenters. The van der Waals surface area contributed by atoms with Gasteiger partial charge in [-0.3, -0.25) is 7.32 Å². The normalized spacial score (nSPS) is 11.2. The van der Waals surface area contributed by atoms with E-state index in [1.807, 2.05) is 0 Å². The van der Waals surface area contributed by atoms with Crippen molar-refractivity contribution in [1.29, 1.82) is 0 Å². The van der Waals surface area contributed by atoms with Gasteiger partial charge in [-0.2, -0.15) is 0 Å². The standard InChI is InChI=1S/3C28H28P.BO3/c3*1-21-9-5-13-25(17-21)29(26-14-6-10-22(2)18-26,27-15-7-11-23(3)19-27)28-16-8-12-24(4)20-28;2-1(3)4/h3*5-20H,1-4H3;/q3*+1;-3. The van der Waals surface area contributed by atoms with Crippen molar-refractivity contribution < 1.29 is 15.1 Å². The van der Waals surface area contributed by atoms with Crippen LogP contribution in [-0.2, 0) is 0 Å². The minimum absolute atomic E-state index is 1.31. The van der Waals surface area contributed by atoms with E-state index in [1.54, 1.807) is 0 Å². The lowest BCUT2D eigenvalue weighted by Gasteiger charge is -2.35. The maximum absolute atomic E-state index is 8.42. The summed E-state index contributed by atoms with van der Waals surface area (Å²) in [5.74, 6) is 0. The van der Waals surface area contributed by atoms with Crippen LogP contribution in [0.2, 0.25) is 0 Å². The highest BCUT2D eigenvalue weighted by Crippen LogP contribution is 2.57. The number of hydrogen-bond donors (Lipinski definition) is 0. The van der Waals surface area contributed by atoms with E-state index >= 15 is 0 Å². The van der Waals surface area contributed by atoms with Crippen molar-refractivity contribution in [3.05, 3.63) is 358 Å². The van der Waals surface area contributed by atoms with Gasteiger partial charge in [0.15, 0.2) is 0 Å². The Kier molecular flexibility index (Phi) is 22.4. The summed E-state index contributed by atoms with van der Waals surface area (Å²) in [6.07, 6.45) is 0. The molecule has 0 spiro atoms. The number of rotatable bonds is 12. The highest BCUT2D eigenvalue weighted by molar-refractivity contribution is 8.02. The van der Waals surface area contributed by atoms with E-state index in [0.29, 0.717) is 0 Å². The zero-order valence-corrected chi connectivity index (χ0v) is 57.5. The molecule has 0 bridgehead atoms. The molecule has 91 heavy (non-hydrogen) atoms. The predicted octanol–water partition coefficient (Wildman–Crippen LogP) is 12.7. The summed E-state index contributed by atoms with van der Waals surface area (Å²) >= 11 is 0. The molecule has 0 N–H and O–H groups in total. The zero-order chi connectivity index (χ0) is 64.9. The molecule has 0 aliphatic rings. The van der Waals surface area contributed by atoms with Gasteiger partial charge in [0, 0.05) is 0 Å². The number of benzene rings is 12. The molecule has 0 atom stereocenters. The van der Waals surface area contributed by atoms with Gasteiger partial charge < -0.3 is 15.1 Å². The highest BCUT2D eigenvalue weighted by Gasteiger charge is 2.51. The van der Waals surface area contributed by atoms with Gasteiger partial charge in [-0.05, 0) is 295 Å². The van der Waals surface area contributed by atoms with Gasteiger partial charge in [-0.25, -0.2) is 0 Å². The van der Waals surface area contributed by atoms with E-state index in [4.69, 9.17) is 15.1 Å². The van der Waals surface area contributed by atoms with Crippen molar-refractivity contribution in [2.75, 3.05) is 0 Å². The molecular weight excluding hydrogens is 1160 g/mol. The molecular formula is C84H84BO3P3. The minimum atomic E-state index is -2.92. The van der Waals surface area contributed by atoms with E-state index in [9.17, 15) is 0 Å². The first kappa shape index (κ1) is 67.3. The predicted molar refractivity (Wildman–Crippen MR) is 396 cm³/mol. The van der Waals surface area contributed by atoms with Crippen LogP contribution in [0.3, 0.4) is 0 Å². The van der Waals surface area contributed by atoms with Gasteiger partial charge in [0.05, 0.1) is 0 Å². The third-order valence-electron chi connectivity index (χ3n) is 16.7. The van der Waals surface area contributed by atoms with Crippen molar-refractivity contribution in [1.82, 2.24) is 0 Å². The van der Waals surface area contributed by atoms with E-state index in [-0.39, 0.29) is 0 Å². The summed E-state index contributed by atoms with van der Waals surface area (Å²) in [6.45, 7) is 26.3. The lowest BCUT2D eigenvalue weighted by atomic mass is 10.2. The fraction of sp³-hybridized carbons (Fsp3) is 0.143. The number of aryl methyl sites for hydroxylation is 12. The lowest BCUT2D eigenvalue weighted by molar-refractivity contribution is -0.479. The van der Waals surface area contributed by atoms with Crippen LogP contribution in [0.1, 0.15) is 66.8 Å². The molecule has 0 radical (unpaired) electrons. The Morgan fingerprint density at radius 1 is 0.165 bits per heavy atom. The van der Waals surface area contributed by atoms with E-state index in [0.717, 1.165) is 0 Å². The van der Waals surface area contributed by atoms with Gasteiger partial charge in [0.2, 0.25) is 0 Å². The smallest absolute Gasteiger partial charge is 0.144 e. The number of hydrogen-bond acceptors (Lipinski definition) is 3. The monoisotopic (exact) mass is 1240 g/mol. The summed E-state index contributed by atoms with van der Waals surface area (Å²) in [5.41, 5.74) is 15.7. The van der Waals surface area contributed by atoms with Crippen LogP contribution >= 0.6 is 21.8 Å². The van der Waals surface area contributed by atoms with Crippen molar-refractivity contribution >= 4 is 92.8 Å². The Morgan fingerprint density at radius 2 is 0.242 bits per heavy atom. The third-order valence-corrected chi connectivity index (χ3v) is 29.3. The van der Waals surface area contributed by atoms with Gasteiger partial charge in [0.25, 0.3) is 0 Å². The molecule has 456 valence electrons. The molecule has 0 aliphatic heterocycles. The lowest BCUT2D eigenvalue weighted by Crippen LogP contribution is -2.56. The Balaban J connectivity index is 0.000000157. The first-order valence-electron chi connectivity index (χ1n) is 31.2. The molecule has 12 aromatic rings. The van der Waals surface area contributed by atoms with Crippen LogP contribution in [0, 0.1) is 83.1 Å². The van der Waals surface area contributed by atoms with Gasteiger partial charge in [0.1, 0.15) is 85.4 Å². The topological polar surface area (TPSA) is 69.2 Å². The first-order chi connectivity index (χ1) is 43.7. The molecule has 0 heterocycles. The minimum Gasteiger partial charge on any atom is -0.907 e. The van der Waals surface area contributed by atoms with Crippen LogP contribution in [-0.4, -0.2) is 7.32 Å². The van der Waals surface area contributed by atoms with Gasteiger partial charge in [-0.15, -0.1) is 0 Å². The molecule has 0 fully saturated rings. The average molecular weight is 1250 g/mol. The van der Waals surface area contributed by atoms with Crippen molar-refractivity contribution in [2.24, 2.45) is 0 Å².